The Morgan fingerprint density at radius 3 is 2.60 bits per heavy atom. The molecule has 0 aromatic heterocycles. The number of aromatic carboxylic acids is 1. The van der Waals surface area contributed by atoms with Crippen LogP contribution < -0.4 is 4.74 Å². The van der Waals surface area contributed by atoms with Gasteiger partial charge in [-0.25, -0.2) is 4.79 Å². The number of ether oxygens (including phenoxy) is 1. The van der Waals surface area contributed by atoms with Gasteiger partial charge in [0.25, 0.3) is 0 Å². The fourth-order valence-electron chi connectivity index (χ4n) is 1.51. The SMILES string of the molecule is COc1ccc(C(=O)O)c(CC(C)C)c1. The van der Waals surface area contributed by atoms with Crippen molar-refractivity contribution in [3.05, 3.63) is 29.3 Å². The van der Waals surface area contributed by atoms with Crippen LogP contribution in [0.2, 0.25) is 0 Å². The lowest BCUT2D eigenvalue weighted by Crippen LogP contribution is -2.05. The summed E-state index contributed by atoms with van der Waals surface area (Å²) in [4.78, 5) is 11.0. The van der Waals surface area contributed by atoms with E-state index in [1.807, 2.05) is 0 Å². The van der Waals surface area contributed by atoms with E-state index in [2.05, 4.69) is 13.8 Å². The van der Waals surface area contributed by atoms with Crippen LogP contribution in [0, 0.1) is 5.92 Å². The molecule has 0 fully saturated rings. The predicted molar refractivity (Wildman–Crippen MR) is 58.5 cm³/mol. The van der Waals surface area contributed by atoms with Gasteiger partial charge in [-0.1, -0.05) is 13.8 Å². The topological polar surface area (TPSA) is 46.5 Å². The summed E-state index contributed by atoms with van der Waals surface area (Å²) >= 11 is 0. The first-order valence-corrected chi connectivity index (χ1v) is 4.94. The van der Waals surface area contributed by atoms with E-state index in [9.17, 15) is 4.79 Å². The Morgan fingerprint density at radius 1 is 1.47 bits per heavy atom. The number of methoxy groups -OCH3 is 1. The molecule has 0 unspecified atom stereocenters. The van der Waals surface area contributed by atoms with Crippen molar-refractivity contribution in [2.75, 3.05) is 7.11 Å². The maximum Gasteiger partial charge on any atom is 0.335 e. The van der Waals surface area contributed by atoms with Gasteiger partial charge in [-0.05, 0) is 36.1 Å². The smallest absolute Gasteiger partial charge is 0.335 e. The Labute approximate surface area is 89.7 Å². The zero-order valence-electron chi connectivity index (χ0n) is 9.28. The summed E-state index contributed by atoms with van der Waals surface area (Å²) in [6.07, 6.45) is 0.749. The second-order valence-electron chi connectivity index (χ2n) is 3.93. The van der Waals surface area contributed by atoms with Crippen LogP contribution in [-0.4, -0.2) is 18.2 Å². The summed E-state index contributed by atoms with van der Waals surface area (Å²) in [5, 5.41) is 9.00. The molecule has 0 aliphatic heterocycles. The molecule has 1 rings (SSSR count). The third-order valence-electron chi connectivity index (χ3n) is 2.17. The Hall–Kier alpha value is -1.51. The van der Waals surface area contributed by atoms with E-state index in [1.54, 1.807) is 25.3 Å². The summed E-state index contributed by atoms with van der Waals surface area (Å²) in [6.45, 7) is 4.12. The van der Waals surface area contributed by atoms with Gasteiger partial charge in [-0.3, -0.25) is 0 Å². The van der Waals surface area contributed by atoms with Crippen molar-refractivity contribution in [1.29, 1.82) is 0 Å². The Kier molecular flexibility index (Phi) is 3.72. The molecule has 15 heavy (non-hydrogen) atoms. The van der Waals surface area contributed by atoms with Crippen molar-refractivity contribution >= 4 is 5.97 Å². The van der Waals surface area contributed by atoms with Crippen molar-refractivity contribution in [1.82, 2.24) is 0 Å². The van der Waals surface area contributed by atoms with Gasteiger partial charge in [0, 0.05) is 0 Å². The molecule has 0 aliphatic rings. The van der Waals surface area contributed by atoms with E-state index in [0.29, 0.717) is 17.2 Å². The lowest BCUT2D eigenvalue weighted by molar-refractivity contribution is 0.0695. The van der Waals surface area contributed by atoms with Crippen LogP contribution >= 0.6 is 0 Å². The van der Waals surface area contributed by atoms with Gasteiger partial charge in [-0.15, -0.1) is 0 Å². The fourth-order valence-corrected chi connectivity index (χ4v) is 1.51. The number of hydrogen-bond donors (Lipinski definition) is 1. The second-order valence-corrected chi connectivity index (χ2v) is 3.93. The number of benzene rings is 1. The van der Waals surface area contributed by atoms with E-state index in [4.69, 9.17) is 9.84 Å². The first-order chi connectivity index (χ1) is 7.04. The lowest BCUT2D eigenvalue weighted by atomic mass is 9.98. The van der Waals surface area contributed by atoms with Crippen LogP contribution in [0.5, 0.6) is 5.75 Å². The fraction of sp³-hybridized carbons (Fsp3) is 0.417. The van der Waals surface area contributed by atoms with Gasteiger partial charge in [0.05, 0.1) is 12.7 Å². The van der Waals surface area contributed by atoms with E-state index >= 15 is 0 Å². The highest BCUT2D eigenvalue weighted by molar-refractivity contribution is 5.89. The average molecular weight is 208 g/mol. The molecular formula is C12H16O3. The van der Waals surface area contributed by atoms with E-state index in [-0.39, 0.29) is 0 Å². The highest BCUT2D eigenvalue weighted by atomic mass is 16.5. The average Bonchev–Trinajstić information content (AvgIpc) is 2.16. The van der Waals surface area contributed by atoms with Crippen molar-refractivity contribution in [2.24, 2.45) is 5.92 Å². The largest absolute Gasteiger partial charge is 0.497 e. The Bertz CT molecular complexity index is 356. The normalized spacial score (nSPS) is 10.4. The number of carbonyl (C=O) groups is 1. The molecule has 0 atom stereocenters. The molecule has 0 amide bonds. The minimum absolute atomic E-state index is 0.365. The van der Waals surface area contributed by atoms with E-state index in [0.717, 1.165) is 12.0 Å². The molecule has 3 nitrogen and oxygen atoms in total. The molecule has 82 valence electrons. The predicted octanol–water partition coefficient (Wildman–Crippen LogP) is 2.59. The molecule has 3 heteroatoms. The molecule has 1 aromatic rings. The van der Waals surface area contributed by atoms with Crippen LogP contribution in [0.3, 0.4) is 0 Å². The molecule has 1 aromatic carbocycles. The van der Waals surface area contributed by atoms with Gasteiger partial charge in [0.15, 0.2) is 0 Å². The Balaban J connectivity index is 3.10. The van der Waals surface area contributed by atoms with Gasteiger partial charge in [-0.2, -0.15) is 0 Å². The van der Waals surface area contributed by atoms with Gasteiger partial charge < -0.3 is 9.84 Å². The van der Waals surface area contributed by atoms with E-state index in [1.165, 1.54) is 0 Å². The van der Waals surface area contributed by atoms with Crippen LogP contribution in [-0.2, 0) is 6.42 Å². The molecule has 0 heterocycles. The number of carboxylic acid groups (broad SMARTS) is 1. The molecule has 0 bridgehead atoms. The number of hydrogen-bond acceptors (Lipinski definition) is 2. The minimum Gasteiger partial charge on any atom is -0.497 e. The summed E-state index contributed by atoms with van der Waals surface area (Å²) in [5.74, 6) is 0.249. The Morgan fingerprint density at radius 2 is 2.13 bits per heavy atom. The molecule has 0 spiro atoms. The van der Waals surface area contributed by atoms with Crippen molar-refractivity contribution in [3.63, 3.8) is 0 Å². The zero-order valence-corrected chi connectivity index (χ0v) is 9.28. The summed E-state index contributed by atoms with van der Waals surface area (Å²) in [5.41, 5.74) is 1.20. The van der Waals surface area contributed by atoms with Gasteiger partial charge in [0.2, 0.25) is 0 Å². The van der Waals surface area contributed by atoms with Crippen molar-refractivity contribution in [2.45, 2.75) is 20.3 Å². The molecule has 1 N–H and O–H groups in total. The highest BCUT2D eigenvalue weighted by Gasteiger charge is 2.11. The van der Waals surface area contributed by atoms with Crippen LogP contribution in [0.15, 0.2) is 18.2 Å². The quantitative estimate of drug-likeness (QED) is 0.827. The van der Waals surface area contributed by atoms with Gasteiger partial charge >= 0.3 is 5.97 Å². The van der Waals surface area contributed by atoms with Crippen LogP contribution in [0.25, 0.3) is 0 Å². The summed E-state index contributed by atoms with van der Waals surface area (Å²) in [7, 11) is 1.58. The minimum atomic E-state index is -0.881. The maximum atomic E-state index is 11.0. The van der Waals surface area contributed by atoms with Crippen molar-refractivity contribution < 1.29 is 14.6 Å². The number of rotatable bonds is 4. The number of carboxylic acids is 1. The first kappa shape index (κ1) is 11.6. The lowest BCUT2D eigenvalue weighted by Gasteiger charge is -2.10. The summed E-state index contributed by atoms with van der Waals surface area (Å²) in [6, 6.07) is 5.07. The summed E-state index contributed by atoms with van der Waals surface area (Å²) < 4.78 is 5.08. The molecule has 0 saturated heterocycles. The van der Waals surface area contributed by atoms with E-state index < -0.39 is 5.97 Å². The molecule has 0 aliphatic carbocycles. The first-order valence-electron chi connectivity index (χ1n) is 4.94. The maximum absolute atomic E-state index is 11.0. The second kappa shape index (κ2) is 4.82. The third-order valence-corrected chi connectivity index (χ3v) is 2.17. The van der Waals surface area contributed by atoms with Crippen LogP contribution in [0.4, 0.5) is 0 Å². The molecule has 0 saturated carbocycles. The van der Waals surface area contributed by atoms with Gasteiger partial charge in [0.1, 0.15) is 5.75 Å². The standard InChI is InChI=1S/C12H16O3/c1-8(2)6-9-7-10(15-3)4-5-11(9)12(13)14/h4-5,7-8H,6H2,1-3H3,(H,13,14). The molecular weight excluding hydrogens is 192 g/mol. The highest BCUT2D eigenvalue weighted by Crippen LogP contribution is 2.20. The molecule has 0 radical (unpaired) electrons. The zero-order chi connectivity index (χ0) is 11.4. The monoisotopic (exact) mass is 208 g/mol. The third kappa shape index (κ3) is 2.98. The van der Waals surface area contributed by atoms with Crippen LogP contribution in [0.1, 0.15) is 29.8 Å². The van der Waals surface area contributed by atoms with Crippen molar-refractivity contribution in [3.8, 4) is 5.75 Å².